The molecule has 2 N–H and O–H groups in total. The molecule has 0 unspecified atom stereocenters. The molecule has 3 heteroatoms. The molecule has 1 rings (SSSR count). The zero-order valence-corrected chi connectivity index (χ0v) is 5.02. The molecule has 0 aromatic rings. The van der Waals surface area contributed by atoms with Gasteiger partial charge in [-0.3, -0.25) is 0 Å². The van der Waals surface area contributed by atoms with Crippen molar-refractivity contribution in [3.8, 4) is 0 Å². The van der Waals surface area contributed by atoms with Crippen molar-refractivity contribution < 1.29 is 0 Å². The van der Waals surface area contributed by atoms with Crippen LogP contribution in [0.2, 0.25) is 0 Å². The molecule has 0 aliphatic carbocycles. The fraction of sp³-hybridized carbons (Fsp3) is 1.00. The zero-order chi connectivity index (χ0) is 4.41. The maximum atomic E-state index is 5.48. The van der Waals surface area contributed by atoms with Crippen LogP contribution >= 0.6 is 21.6 Å². The number of hydrogen-bond donors (Lipinski definition) is 1. The van der Waals surface area contributed by atoms with Gasteiger partial charge in [0.1, 0.15) is 0 Å². The van der Waals surface area contributed by atoms with Gasteiger partial charge in [-0.05, 0) is 6.42 Å². The lowest BCUT2D eigenvalue weighted by molar-refractivity contribution is 0.895. The quantitative estimate of drug-likeness (QED) is 0.485. The molecule has 36 valence electrons. The van der Waals surface area contributed by atoms with Crippen LogP contribution in [0.3, 0.4) is 0 Å². The molecule has 0 aromatic heterocycles. The SMILES string of the molecule is N[C@@H]1CCSS1. The van der Waals surface area contributed by atoms with Gasteiger partial charge in [-0.2, -0.15) is 0 Å². The lowest BCUT2D eigenvalue weighted by atomic mass is 10.5. The van der Waals surface area contributed by atoms with Gasteiger partial charge in [0.05, 0.1) is 5.37 Å². The first kappa shape index (κ1) is 4.81. The third-order valence-corrected chi connectivity index (χ3v) is 3.35. The molecule has 0 spiro atoms. The van der Waals surface area contributed by atoms with E-state index in [4.69, 9.17) is 5.73 Å². The van der Waals surface area contributed by atoms with Crippen molar-refractivity contribution in [1.29, 1.82) is 0 Å². The molecule has 0 radical (unpaired) electrons. The Morgan fingerprint density at radius 3 is 2.67 bits per heavy atom. The van der Waals surface area contributed by atoms with Crippen molar-refractivity contribution in [3.63, 3.8) is 0 Å². The van der Waals surface area contributed by atoms with Gasteiger partial charge in [-0.1, -0.05) is 21.6 Å². The Hall–Kier alpha value is 0.660. The summed E-state index contributed by atoms with van der Waals surface area (Å²) in [7, 11) is 3.67. The predicted molar refractivity (Wildman–Crippen MR) is 32.6 cm³/mol. The van der Waals surface area contributed by atoms with Crippen molar-refractivity contribution >= 4 is 21.6 Å². The highest BCUT2D eigenvalue weighted by Gasteiger charge is 2.09. The second-order valence-corrected chi connectivity index (χ2v) is 3.97. The fourth-order valence-corrected chi connectivity index (χ4v) is 2.72. The molecule has 1 fully saturated rings. The Bertz CT molecular complexity index is 42.1. The first-order valence-corrected chi connectivity index (χ1v) is 4.31. The van der Waals surface area contributed by atoms with Crippen LogP contribution in [0.5, 0.6) is 0 Å². The minimum atomic E-state index is 0.426. The molecule has 1 atom stereocenters. The molecular weight excluding hydrogens is 114 g/mol. The summed E-state index contributed by atoms with van der Waals surface area (Å²) < 4.78 is 0. The average molecular weight is 121 g/mol. The van der Waals surface area contributed by atoms with Crippen molar-refractivity contribution in [3.05, 3.63) is 0 Å². The van der Waals surface area contributed by atoms with Gasteiger partial charge in [0.25, 0.3) is 0 Å². The molecule has 1 saturated heterocycles. The number of rotatable bonds is 0. The highest BCUT2D eigenvalue weighted by atomic mass is 33.1. The maximum Gasteiger partial charge on any atom is 0.0620 e. The Kier molecular flexibility index (Phi) is 1.68. The van der Waals surface area contributed by atoms with Gasteiger partial charge in [0, 0.05) is 5.75 Å². The lowest BCUT2D eigenvalue weighted by Crippen LogP contribution is -2.09. The van der Waals surface area contributed by atoms with Gasteiger partial charge in [0.2, 0.25) is 0 Å². The first-order valence-electron chi connectivity index (χ1n) is 1.93. The van der Waals surface area contributed by atoms with Crippen LogP contribution in [0.4, 0.5) is 0 Å². The Labute approximate surface area is 45.4 Å². The molecule has 1 nitrogen and oxygen atoms in total. The van der Waals surface area contributed by atoms with E-state index in [0.717, 1.165) is 0 Å². The van der Waals surface area contributed by atoms with Crippen molar-refractivity contribution in [2.45, 2.75) is 11.8 Å². The van der Waals surface area contributed by atoms with Crippen molar-refractivity contribution in [2.24, 2.45) is 5.73 Å². The van der Waals surface area contributed by atoms with E-state index < -0.39 is 0 Å². The summed E-state index contributed by atoms with van der Waals surface area (Å²) in [5, 5.41) is 0.426. The minimum absolute atomic E-state index is 0.426. The maximum absolute atomic E-state index is 5.48. The number of nitrogens with two attached hydrogens (primary N) is 1. The molecule has 1 aliphatic rings. The van der Waals surface area contributed by atoms with Gasteiger partial charge in [-0.25, -0.2) is 0 Å². The predicted octanol–water partition coefficient (Wildman–Crippen LogP) is 1.06. The molecule has 1 heterocycles. The van der Waals surface area contributed by atoms with E-state index in [1.54, 1.807) is 10.8 Å². The van der Waals surface area contributed by atoms with Crippen LogP contribution in [-0.2, 0) is 0 Å². The highest BCUT2D eigenvalue weighted by Crippen LogP contribution is 2.33. The van der Waals surface area contributed by atoms with Crippen LogP contribution in [-0.4, -0.2) is 11.1 Å². The summed E-state index contributed by atoms with van der Waals surface area (Å²) in [6.07, 6.45) is 1.19. The van der Waals surface area contributed by atoms with Gasteiger partial charge in [-0.15, -0.1) is 0 Å². The molecule has 6 heavy (non-hydrogen) atoms. The average Bonchev–Trinajstić information content (AvgIpc) is 1.86. The Balaban J connectivity index is 2.18. The summed E-state index contributed by atoms with van der Waals surface area (Å²) in [5.41, 5.74) is 5.48. The Morgan fingerprint density at radius 2 is 2.50 bits per heavy atom. The second kappa shape index (κ2) is 2.09. The van der Waals surface area contributed by atoms with Gasteiger partial charge in [0.15, 0.2) is 0 Å². The van der Waals surface area contributed by atoms with E-state index in [2.05, 4.69) is 0 Å². The van der Waals surface area contributed by atoms with E-state index >= 15 is 0 Å². The Morgan fingerprint density at radius 1 is 1.67 bits per heavy atom. The molecule has 0 aromatic carbocycles. The van der Waals surface area contributed by atoms with Crippen LogP contribution < -0.4 is 5.73 Å². The van der Waals surface area contributed by atoms with E-state index in [1.165, 1.54) is 12.2 Å². The summed E-state index contributed by atoms with van der Waals surface area (Å²) in [6.45, 7) is 0. The smallest absolute Gasteiger partial charge is 0.0620 e. The highest BCUT2D eigenvalue weighted by molar-refractivity contribution is 8.77. The van der Waals surface area contributed by atoms with E-state index in [1.807, 2.05) is 10.8 Å². The summed E-state index contributed by atoms with van der Waals surface area (Å²) in [5.74, 6) is 1.24. The van der Waals surface area contributed by atoms with Gasteiger partial charge < -0.3 is 5.73 Å². The largest absolute Gasteiger partial charge is 0.319 e. The van der Waals surface area contributed by atoms with Crippen molar-refractivity contribution in [2.75, 3.05) is 5.75 Å². The normalized spacial score (nSPS) is 34.5. The first-order chi connectivity index (χ1) is 2.89. The summed E-state index contributed by atoms with van der Waals surface area (Å²) in [6, 6.07) is 0. The van der Waals surface area contributed by atoms with Crippen LogP contribution in [0.1, 0.15) is 6.42 Å². The van der Waals surface area contributed by atoms with Crippen LogP contribution in [0.25, 0.3) is 0 Å². The third-order valence-electron chi connectivity index (χ3n) is 0.677. The minimum Gasteiger partial charge on any atom is -0.319 e. The zero-order valence-electron chi connectivity index (χ0n) is 3.39. The topological polar surface area (TPSA) is 26.0 Å². The van der Waals surface area contributed by atoms with E-state index in [0.29, 0.717) is 5.37 Å². The van der Waals surface area contributed by atoms with E-state index in [-0.39, 0.29) is 0 Å². The molecule has 0 amide bonds. The lowest BCUT2D eigenvalue weighted by Gasteiger charge is -1.90. The van der Waals surface area contributed by atoms with Crippen LogP contribution in [0.15, 0.2) is 0 Å². The standard InChI is InChI=1S/C3H7NS2/c4-3-1-2-5-6-3/h3H,1-2,4H2/t3-/m0/s1. The third kappa shape index (κ3) is 1.06. The second-order valence-electron chi connectivity index (χ2n) is 1.25. The van der Waals surface area contributed by atoms with Gasteiger partial charge >= 0.3 is 0 Å². The van der Waals surface area contributed by atoms with Crippen LogP contribution in [0, 0.1) is 0 Å². The number of hydrogen-bond acceptors (Lipinski definition) is 3. The summed E-state index contributed by atoms with van der Waals surface area (Å²) in [4.78, 5) is 0. The summed E-state index contributed by atoms with van der Waals surface area (Å²) >= 11 is 0. The molecule has 0 bridgehead atoms. The van der Waals surface area contributed by atoms with E-state index in [9.17, 15) is 0 Å². The molecular formula is C3H7NS2. The fourth-order valence-electron chi connectivity index (χ4n) is 0.348. The van der Waals surface area contributed by atoms with Crippen molar-refractivity contribution in [1.82, 2.24) is 0 Å². The monoisotopic (exact) mass is 121 g/mol. The molecule has 0 saturated carbocycles. The molecule has 1 aliphatic heterocycles.